The van der Waals surface area contributed by atoms with Crippen molar-refractivity contribution in [2.24, 2.45) is 0 Å². The summed E-state index contributed by atoms with van der Waals surface area (Å²) in [5.74, 6) is 0.131. The van der Waals surface area contributed by atoms with Crippen LogP contribution in [0.1, 0.15) is 38.7 Å². The summed E-state index contributed by atoms with van der Waals surface area (Å²) in [6.45, 7) is 5.84. The number of carbonyl (C=O) groups is 1. The molecule has 7 heteroatoms. The lowest BCUT2D eigenvalue weighted by Gasteiger charge is -2.28. The van der Waals surface area contributed by atoms with E-state index in [1.165, 1.54) is 0 Å². The van der Waals surface area contributed by atoms with E-state index in [1.807, 2.05) is 30.3 Å². The van der Waals surface area contributed by atoms with E-state index in [0.29, 0.717) is 13.0 Å². The molecule has 1 saturated heterocycles. The second-order valence-electron chi connectivity index (χ2n) is 7.12. The summed E-state index contributed by atoms with van der Waals surface area (Å²) in [5.41, 5.74) is 0.511. The Bertz CT molecular complexity index is 666. The van der Waals surface area contributed by atoms with Crippen LogP contribution in [0.2, 0.25) is 0 Å². The monoisotopic (exact) mass is 355 g/mol. The number of hydrogen-bond acceptors (Lipinski definition) is 5. The first-order valence-electron chi connectivity index (χ1n) is 7.94. The molecule has 1 fully saturated rings. The number of nitrogens with zero attached hydrogens (tertiary/aromatic N) is 1. The molecule has 0 radical (unpaired) electrons. The van der Waals surface area contributed by atoms with Crippen LogP contribution in [0, 0.1) is 0 Å². The van der Waals surface area contributed by atoms with Crippen molar-refractivity contribution < 1.29 is 22.1 Å². The largest absolute Gasteiger partial charge is 0.444 e. The molecule has 0 spiro atoms. The summed E-state index contributed by atoms with van der Waals surface area (Å²) in [5, 5.41) is 0. The highest BCUT2D eigenvalue weighted by molar-refractivity contribution is 7.85. The van der Waals surface area contributed by atoms with Crippen molar-refractivity contribution in [3.8, 4) is 0 Å². The molecule has 0 aromatic heterocycles. The Morgan fingerprint density at radius 2 is 1.88 bits per heavy atom. The molecule has 2 atom stereocenters. The highest BCUT2D eigenvalue weighted by Gasteiger charge is 2.38. The molecule has 24 heavy (non-hydrogen) atoms. The van der Waals surface area contributed by atoms with E-state index in [1.54, 1.807) is 25.7 Å². The molecule has 1 heterocycles. The van der Waals surface area contributed by atoms with Crippen molar-refractivity contribution in [1.82, 2.24) is 4.90 Å². The molecule has 0 N–H and O–H groups in total. The quantitative estimate of drug-likeness (QED) is 0.777. The average molecular weight is 355 g/mol. The number of benzene rings is 1. The van der Waals surface area contributed by atoms with E-state index in [9.17, 15) is 13.2 Å². The van der Waals surface area contributed by atoms with Crippen LogP contribution < -0.4 is 0 Å². The Morgan fingerprint density at radius 1 is 1.25 bits per heavy atom. The van der Waals surface area contributed by atoms with Gasteiger partial charge in [0, 0.05) is 12.5 Å². The lowest BCUT2D eigenvalue weighted by molar-refractivity contribution is 0.0188. The minimum Gasteiger partial charge on any atom is -0.444 e. The van der Waals surface area contributed by atoms with Gasteiger partial charge in [-0.15, -0.1) is 0 Å². The second kappa shape index (κ2) is 7.11. The zero-order valence-electron chi connectivity index (χ0n) is 14.6. The van der Waals surface area contributed by atoms with Gasteiger partial charge in [-0.2, -0.15) is 8.42 Å². The van der Waals surface area contributed by atoms with Gasteiger partial charge in [0.2, 0.25) is 0 Å². The molecule has 1 aromatic rings. The first-order valence-corrected chi connectivity index (χ1v) is 9.76. The van der Waals surface area contributed by atoms with Gasteiger partial charge in [0.05, 0.1) is 18.9 Å². The van der Waals surface area contributed by atoms with Gasteiger partial charge in [0.25, 0.3) is 10.1 Å². The van der Waals surface area contributed by atoms with Gasteiger partial charge in [0.1, 0.15) is 5.60 Å². The summed E-state index contributed by atoms with van der Waals surface area (Å²) in [4.78, 5) is 14.0. The van der Waals surface area contributed by atoms with Crippen LogP contribution in [0.5, 0.6) is 0 Å². The number of likely N-dealkylation sites (tertiary alicyclic amines) is 1. The molecule has 6 nitrogen and oxygen atoms in total. The third-order valence-electron chi connectivity index (χ3n) is 3.79. The normalized spacial score (nSPS) is 21.8. The van der Waals surface area contributed by atoms with Gasteiger partial charge >= 0.3 is 6.09 Å². The van der Waals surface area contributed by atoms with E-state index in [0.717, 1.165) is 11.8 Å². The van der Waals surface area contributed by atoms with E-state index in [4.69, 9.17) is 8.92 Å². The maximum Gasteiger partial charge on any atom is 0.410 e. The minimum atomic E-state index is -3.56. The van der Waals surface area contributed by atoms with Crippen LogP contribution in [0.15, 0.2) is 30.3 Å². The first-order chi connectivity index (χ1) is 11.1. The molecule has 2 rings (SSSR count). The van der Waals surface area contributed by atoms with Crippen LogP contribution >= 0.6 is 0 Å². The van der Waals surface area contributed by atoms with Crippen LogP contribution in [-0.2, 0) is 19.0 Å². The van der Waals surface area contributed by atoms with Gasteiger partial charge in [-0.3, -0.25) is 4.18 Å². The van der Waals surface area contributed by atoms with Crippen molar-refractivity contribution in [1.29, 1.82) is 0 Å². The summed E-state index contributed by atoms with van der Waals surface area (Å²) >= 11 is 0. The number of rotatable bonds is 4. The number of amides is 1. The van der Waals surface area contributed by atoms with Gasteiger partial charge in [-0.05, 0) is 32.8 Å². The highest BCUT2D eigenvalue weighted by atomic mass is 32.2. The zero-order chi connectivity index (χ0) is 18.0. The predicted molar refractivity (Wildman–Crippen MR) is 91.3 cm³/mol. The van der Waals surface area contributed by atoms with E-state index in [2.05, 4.69) is 0 Å². The van der Waals surface area contributed by atoms with Crippen LogP contribution in [0.25, 0.3) is 0 Å². The minimum absolute atomic E-state index is 0.0542. The third-order valence-corrected chi connectivity index (χ3v) is 4.35. The highest BCUT2D eigenvalue weighted by Crippen LogP contribution is 2.33. The zero-order valence-corrected chi connectivity index (χ0v) is 15.4. The molecule has 1 aliphatic heterocycles. The van der Waals surface area contributed by atoms with Gasteiger partial charge in [-0.1, -0.05) is 30.3 Å². The summed E-state index contributed by atoms with van der Waals surface area (Å²) < 4.78 is 33.0. The van der Waals surface area contributed by atoms with Crippen molar-refractivity contribution in [2.45, 2.75) is 44.8 Å². The van der Waals surface area contributed by atoms with Gasteiger partial charge < -0.3 is 9.64 Å². The van der Waals surface area contributed by atoms with Crippen molar-refractivity contribution in [2.75, 3.05) is 19.4 Å². The maximum absolute atomic E-state index is 12.5. The van der Waals surface area contributed by atoms with Crippen molar-refractivity contribution in [3.05, 3.63) is 35.9 Å². The topological polar surface area (TPSA) is 72.9 Å². The molecule has 1 aromatic carbocycles. The average Bonchev–Trinajstić information content (AvgIpc) is 2.88. The Hall–Kier alpha value is -1.60. The standard InChI is InChI=1S/C17H25NO5S/c1-17(2,3)23-16(19)18-11-14(13-8-6-5-7-9-13)10-15(18)12-22-24(4,20)21/h5-9,14-15H,10-12H2,1-4H3/t14-,15+/m1/s1. The second-order valence-corrected chi connectivity index (χ2v) is 8.76. The van der Waals surface area contributed by atoms with Crippen LogP contribution in [0.4, 0.5) is 4.79 Å². The van der Waals surface area contributed by atoms with E-state index in [-0.39, 0.29) is 18.6 Å². The molecule has 1 aliphatic rings. The van der Waals surface area contributed by atoms with Crippen LogP contribution in [0.3, 0.4) is 0 Å². The van der Waals surface area contributed by atoms with Gasteiger partial charge in [0.15, 0.2) is 0 Å². The Morgan fingerprint density at radius 3 is 2.42 bits per heavy atom. The molecular weight excluding hydrogens is 330 g/mol. The number of carbonyl (C=O) groups excluding carboxylic acids is 1. The number of hydrogen-bond donors (Lipinski definition) is 0. The molecule has 0 bridgehead atoms. The predicted octanol–water partition coefficient (Wildman–Crippen LogP) is 2.76. The fourth-order valence-electron chi connectivity index (χ4n) is 2.79. The smallest absolute Gasteiger partial charge is 0.410 e. The number of ether oxygens (including phenoxy) is 1. The molecule has 0 aliphatic carbocycles. The Labute approximate surface area is 143 Å². The van der Waals surface area contributed by atoms with Crippen molar-refractivity contribution >= 4 is 16.2 Å². The summed E-state index contributed by atoms with van der Waals surface area (Å²) in [7, 11) is -3.56. The SMILES string of the molecule is CC(C)(C)OC(=O)N1C[C@H](c2ccccc2)C[C@H]1COS(C)(=O)=O. The molecular formula is C17H25NO5S. The molecule has 134 valence electrons. The third kappa shape index (κ3) is 5.49. The molecule has 0 unspecified atom stereocenters. The fourth-order valence-corrected chi connectivity index (χ4v) is 3.19. The lowest BCUT2D eigenvalue weighted by Crippen LogP contribution is -2.42. The fraction of sp³-hybridized carbons (Fsp3) is 0.588. The van der Waals surface area contributed by atoms with Crippen molar-refractivity contribution in [3.63, 3.8) is 0 Å². The Kier molecular flexibility index (Phi) is 5.55. The summed E-state index contributed by atoms with van der Waals surface area (Å²) in [6.07, 6.45) is 1.20. The lowest BCUT2D eigenvalue weighted by atomic mass is 9.97. The first kappa shape index (κ1) is 18.7. The summed E-state index contributed by atoms with van der Waals surface area (Å²) in [6, 6.07) is 9.53. The Balaban J connectivity index is 2.15. The maximum atomic E-state index is 12.5. The van der Waals surface area contributed by atoms with E-state index < -0.39 is 21.8 Å². The molecule has 1 amide bonds. The molecule has 0 saturated carbocycles. The van der Waals surface area contributed by atoms with E-state index >= 15 is 0 Å². The van der Waals surface area contributed by atoms with Gasteiger partial charge in [-0.25, -0.2) is 4.79 Å². The van der Waals surface area contributed by atoms with Crippen LogP contribution in [-0.4, -0.2) is 50.5 Å².